The Morgan fingerprint density at radius 1 is 1.19 bits per heavy atom. The van der Waals surface area contributed by atoms with Crippen molar-refractivity contribution in [2.75, 3.05) is 31.6 Å². The summed E-state index contributed by atoms with van der Waals surface area (Å²) < 4.78 is 43.0. The van der Waals surface area contributed by atoms with E-state index in [9.17, 15) is 13.2 Å². The van der Waals surface area contributed by atoms with Gasteiger partial charge in [0.05, 0.1) is 40.6 Å². The molecule has 3 aromatic heterocycles. The van der Waals surface area contributed by atoms with Gasteiger partial charge in [0.15, 0.2) is 0 Å². The summed E-state index contributed by atoms with van der Waals surface area (Å²) in [6, 6.07) is 5.34. The largest absolute Gasteiger partial charge is 0.367 e. The van der Waals surface area contributed by atoms with Gasteiger partial charge in [-0.05, 0) is 43.7 Å². The smallest absolute Gasteiger partial charge is 0.131 e. The van der Waals surface area contributed by atoms with Gasteiger partial charge in [-0.25, -0.2) is 13.2 Å². The van der Waals surface area contributed by atoms with E-state index in [-0.39, 0.29) is 23.6 Å². The number of pyridine rings is 2. The fourth-order valence-electron chi connectivity index (χ4n) is 4.38. The Bertz CT molecular complexity index is 1200. The molecule has 0 amide bonds. The number of nitrogens with one attached hydrogen (secondary N) is 2. The lowest BCUT2D eigenvalue weighted by Crippen LogP contribution is -2.19. The van der Waals surface area contributed by atoms with E-state index < -0.39 is 17.8 Å². The second-order valence-electron chi connectivity index (χ2n) is 8.24. The summed E-state index contributed by atoms with van der Waals surface area (Å²) in [4.78, 5) is 10.7. The first-order valence-electron chi connectivity index (χ1n) is 10.6. The third-order valence-corrected chi connectivity index (χ3v) is 5.99. The number of hydrogen-bond acceptors (Lipinski definition) is 5. The maximum atomic E-state index is 14.8. The molecule has 1 aliphatic carbocycles. The summed E-state index contributed by atoms with van der Waals surface area (Å²) in [6.45, 7) is 1.53. The van der Waals surface area contributed by atoms with E-state index in [0.717, 1.165) is 5.69 Å². The van der Waals surface area contributed by atoms with Crippen molar-refractivity contribution in [2.24, 2.45) is 5.92 Å². The fourth-order valence-corrected chi connectivity index (χ4v) is 4.38. The van der Waals surface area contributed by atoms with Crippen LogP contribution in [0.4, 0.5) is 18.9 Å². The first-order valence-corrected chi connectivity index (χ1v) is 10.6. The maximum Gasteiger partial charge on any atom is 0.131 e. The van der Waals surface area contributed by atoms with E-state index in [4.69, 9.17) is 0 Å². The molecule has 2 N–H and O–H groups in total. The number of hydrogen-bond donors (Lipinski definition) is 2. The first kappa shape index (κ1) is 20.7. The summed E-state index contributed by atoms with van der Waals surface area (Å²) in [5.41, 5.74) is 2.78. The van der Waals surface area contributed by atoms with Gasteiger partial charge in [-0.15, -0.1) is 0 Å². The minimum Gasteiger partial charge on any atom is -0.367 e. The number of H-pyrrole nitrogens is 1. The van der Waals surface area contributed by atoms with Crippen LogP contribution in [0.15, 0.2) is 48.3 Å². The molecule has 0 radical (unpaired) electrons. The predicted octanol–water partition coefficient (Wildman–Crippen LogP) is 4.34. The summed E-state index contributed by atoms with van der Waals surface area (Å²) in [5.74, 6) is -1.35. The molecule has 9 heteroatoms. The average Bonchev–Trinajstić information content (AvgIpc) is 3.40. The lowest BCUT2D eigenvalue weighted by atomic mass is 9.92. The molecule has 0 aromatic carbocycles. The Hall–Kier alpha value is -3.20. The number of alkyl halides is 1. The zero-order valence-electron chi connectivity index (χ0n) is 17.6. The van der Waals surface area contributed by atoms with Crippen LogP contribution in [0.3, 0.4) is 0 Å². The predicted molar refractivity (Wildman–Crippen MR) is 118 cm³/mol. The molecular weight excluding hydrogens is 417 g/mol. The van der Waals surface area contributed by atoms with Gasteiger partial charge in [-0.3, -0.25) is 15.1 Å². The van der Waals surface area contributed by atoms with Crippen LogP contribution in [0.5, 0.6) is 0 Å². The highest BCUT2D eigenvalue weighted by atomic mass is 19.1. The van der Waals surface area contributed by atoms with Crippen molar-refractivity contribution in [3.05, 3.63) is 54.0 Å². The summed E-state index contributed by atoms with van der Waals surface area (Å²) in [7, 11) is 1.75. The molecule has 0 spiro atoms. The SMILES string of the molecule is CNCC1C=C(F)C(c2cc3c(-c4ccc(N5CCC(F)C5)cn4)n[nH]c3cn2)=C(F)C1. The minimum atomic E-state index is -0.812. The molecule has 2 aliphatic rings. The van der Waals surface area contributed by atoms with Gasteiger partial charge in [-0.1, -0.05) is 0 Å². The molecule has 1 saturated heterocycles. The number of anilines is 1. The van der Waals surface area contributed by atoms with Gasteiger partial charge in [0, 0.05) is 31.4 Å². The second kappa shape index (κ2) is 8.38. The Morgan fingerprint density at radius 2 is 2.03 bits per heavy atom. The molecule has 0 bridgehead atoms. The molecule has 6 nitrogen and oxygen atoms in total. The highest BCUT2D eigenvalue weighted by Gasteiger charge is 2.26. The van der Waals surface area contributed by atoms with E-state index in [1.54, 1.807) is 19.3 Å². The van der Waals surface area contributed by atoms with Crippen LogP contribution in [0.25, 0.3) is 27.9 Å². The molecule has 0 saturated carbocycles. The topological polar surface area (TPSA) is 69.7 Å². The van der Waals surface area contributed by atoms with Crippen LogP contribution in [-0.4, -0.2) is 53.0 Å². The molecule has 2 atom stereocenters. The zero-order chi connectivity index (χ0) is 22.2. The Morgan fingerprint density at radius 3 is 2.72 bits per heavy atom. The van der Waals surface area contributed by atoms with E-state index in [1.807, 2.05) is 17.0 Å². The number of aromatic nitrogens is 4. The van der Waals surface area contributed by atoms with E-state index in [1.165, 1.54) is 12.3 Å². The molecule has 32 heavy (non-hydrogen) atoms. The lowest BCUT2D eigenvalue weighted by molar-refractivity contribution is 0.364. The van der Waals surface area contributed by atoms with Crippen molar-refractivity contribution < 1.29 is 13.2 Å². The summed E-state index contributed by atoms with van der Waals surface area (Å²) in [5, 5.41) is 10.9. The number of halogens is 3. The van der Waals surface area contributed by atoms with Gasteiger partial charge in [0.1, 0.15) is 23.5 Å². The van der Waals surface area contributed by atoms with Crippen LogP contribution in [0.1, 0.15) is 18.5 Å². The normalized spacial score (nSPS) is 21.5. The quantitative estimate of drug-likeness (QED) is 0.618. The molecule has 2 unspecified atom stereocenters. The maximum absolute atomic E-state index is 14.8. The van der Waals surface area contributed by atoms with Crippen molar-refractivity contribution in [1.29, 1.82) is 0 Å². The first-order chi connectivity index (χ1) is 15.5. The molecule has 166 valence electrons. The number of allylic oxidation sites excluding steroid dienone is 3. The Labute approximate surface area is 183 Å². The number of rotatable bonds is 5. The van der Waals surface area contributed by atoms with Crippen molar-refractivity contribution in [2.45, 2.75) is 19.0 Å². The molecule has 4 heterocycles. The lowest BCUT2D eigenvalue weighted by Gasteiger charge is -2.19. The standard InChI is InChI=1S/C23H23F3N6/c1-27-9-13-6-17(25)22(18(26)7-13)20-8-16-21(11-29-20)30-31-23(16)19-3-2-15(10-28-19)32-5-4-14(24)12-32/h2-3,6,8,10-11,13-14,27H,4-5,7,9,12H2,1H3,(H,30,31). The average molecular weight is 440 g/mol. The molecule has 3 aromatic rings. The highest BCUT2D eigenvalue weighted by Crippen LogP contribution is 2.38. The van der Waals surface area contributed by atoms with Crippen LogP contribution < -0.4 is 10.2 Å². The summed E-state index contributed by atoms with van der Waals surface area (Å²) >= 11 is 0. The minimum absolute atomic E-state index is 0.107. The van der Waals surface area contributed by atoms with Gasteiger partial charge < -0.3 is 10.2 Å². The van der Waals surface area contributed by atoms with Crippen molar-refractivity contribution in [1.82, 2.24) is 25.5 Å². The van der Waals surface area contributed by atoms with Gasteiger partial charge in [0.25, 0.3) is 0 Å². The number of aromatic amines is 1. The molecular formula is C23H23F3N6. The zero-order valence-corrected chi connectivity index (χ0v) is 17.6. The Balaban J connectivity index is 1.47. The monoisotopic (exact) mass is 440 g/mol. The number of fused-ring (bicyclic) bond motifs is 1. The van der Waals surface area contributed by atoms with Gasteiger partial charge >= 0.3 is 0 Å². The number of nitrogens with zero attached hydrogens (tertiary/aromatic N) is 4. The van der Waals surface area contributed by atoms with Crippen LogP contribution in [-0.2, 0) is 0 Å². The van der Waals surface area contributed by atoms with Gasteiger partial charge in [0.2, 0.25) is 0 Å². The third kappa shape index (κ3) is 3.77. The molecule has 1 fully saturated rings. The second-order valence-corrected chi connectivity index (χ2v) is 8.24. The van der Waals surface area contributed by atoms with Crippen molar-refractivity contribution in [3.63, 3.8) is 0 Å². The van der Waals surface area contributed by atoms with Crippen molar-refractivity contribution >= 4 is 22.2 Å². The Kier molecular flexibility index (Phi) is 5.42. The van der Waals surface area contributed by atoms with Gasteiger partial charge in [-0.2, -0.15) is 5.10 Å². The highest BCUT2D eigenvalue weighted by molar-refractivity contribution is 5.94. The van der Waals surface area contributed by atoms with Crippen LogP contribution in [0.2, 0.25) is 0 Å². The molecule has 5 rings (SSSR count). The van der Waals surface area contributed by atoms with Crippen LogP contribution >= 0.6 is 0 Å². The van der Waals surface area contributed by atoms with E-state index in [0.29, 0.717) is 48.3 Å². The van der Waals surface area contributed by atoms with Crippen LogP contribution in [0, 0.1) is 5.92 Å². The van der Waals surface area contributed by atoms with Crippen molar-refractivity contribution in [3.8, 4) is 11.4 Å². The van der Waals surface area contributed by atoms with E-state index in [2.05, 4.69) is 25.5 Å². The fraction of sp³-hybridized carbons (Fsp3) is 0.348. The van der Waals surface area contributed by atoms with E-state index >= 15 is 0 Å². The summed E-state index contributed by atoms with van der Waals surface area (Å²) in [6.07, 6.45) is 4.50. The molecule has 1 aliphatic heterocycles. The third-order valence-electron chi connectivity index (χ3n) is 5.99.